The SMILES string of the molecule is Brc1ccc2c(c1)N(c1ccccc1)P(c1cccc3ccc4cccnc4c13)N2c1ccccc1. The van der Waals surface area contributed by atoms with Gasteiger partial charge in [0.1, 0.15) is 8.22 Å². The van der Waals surface area contributed by atoms with Crippen molar-refractivity contribution in [3.63, 3.8) is 0 Å². The highest BCUT2D eigenvalue weighted by Crippen LogP contribution is 2.65. The van der Waals surface area contributed by atoms with Crippen molar-refractivity contribution in [2.45, 2.75) is 0 Å². The molecule has 0 radical (unpaired) electrons. The Morgan fingerprint density at radius 1 is 0.583 bits per heavy atom. The van der Waals surface area contributed by atoms with Gasteiger partial charge in [-0.2, -0.15) is 0 Å². The van der Waals surface area contributed by atoms with Crippen LogP contribution in [-0.2, 0) is 0 Å². The van der Waals surface area contributed by atoms with Crippen molar-refractivity contribution in [2.75, 3.05) is 9.34 Å². The summed E-state index contributed by atoms with van der Waals surface area (Å²) in [7, 11) is -1.03. The van der Waals surface area contributed by atoms with Crippen molar-refractivity contribution < 1.29 is 0 Å². The first-order valence-corrected chi connectivity index (χ1v) is 13.9. The van der Waals surface area contributed by atoms with Gasteiger partial charge in [-0.1, -0.05) is 88.7 Å². The number of fused-ring (bicyclic) bond motifs is 4. The Labute approximate surface area is 219 Å². The summed E-state index contributed by atoms with van der Waals surface area (Å²) in [5.41, 5.74) is 5.79. The molecule has 36 heavy (non-hydrogen) atoms. The third-order valence-electron chi connectivity index (χ3n) is 6.58. The van der Waals surface area contributed by atoms with Crippen LogP contribution in [0.4, 0.5) is 22.7 Å². The molecule has 0 N–H and O–H groups in total. The summed E-state index contributed by atoms with van der Waals surface area (Å²) >= 11 is 3.74. The number of para-hydroxylation sites is 2. The van der Waals surface area contributed by atoms with Crippen LogP contribution >= 0.6 is 24.2 Å². The molecule has 1 aromatic heterocycles. The molecule has 5 aromatic carbocycles. The van der Waals surface area contributed by atoms with E-state index in [1.165, 1.54) is 38.8 Å². The standard InChI is InChI=1S/C31H21BrN3P/c32-24-18-19-27-28(21-24)35(26-13-5-2-6-14-26)36(34(27)25-11-3-1-4-12-25)29-15-7-9-22-16-17-23-10-8-20-33-31(23)30(22)29/h1-21H. The molecule has 1 unspecified atom stereocenters. The summed E-state index contributed by atoms with van der Waals surface area (Å²) in [6.07, 6.45) is 1.90. The molecule has 0 aliphatic carbocycles. The molecule has 0 spiro atoms. The smallest absolute Gasteiger partial charge is 0.139 e. The third kappa shape index (κ3) is 3.41. The lowest BCUT2D eigenvalue weighted by Crippen LogP contribution is -2.23. The molecule has 0 saturated carbocycles. The number of anilines is 4. The van der Waals surface area contributed by atoms with E-state index in [4.69, 9.17) is 4.98 Å². The molecule has 172 valence electrons. The highest BCUT2D eigenvalue weighted by atomic mass is 79.9. The number of aromatic nitrogens is 1. The fourth-order valence-electron chi connectivity index (χ4n) is 5.05. The number of nitrogens with zero attached hydrogens (tertiary/aromatic N) is 3. The molecule has 1 aliphatic rings. The van der Waals surface area contributed by atoms with Crippen molar-refractivity contribution in [2.24, 2.45) is 0 Å². The van der Waals surface area contributed by atoms with Crippen molar-refractivity contribution >= 4 is 73.9 Å². The highest BCUT2D eigenvalue weighted by Gasteiger charge is 2.40. The van der Waals surface area contributed by atoms with Crippen LogP contribution in [0.15, 0.2) is 132 Å². The Morgan fingerprint density at radius 2 is 1.25 bits per heavy atom. The summed E-state index contributed by atoms with van der Waals surface area (Å²) in [6.45, 7) is 0. The lowest BCUT2D eigenvalue weighted by molar-refractivity contribution is 1.43. The van der Waals surface area contributed by atoms with E-state index in [1.54, 1.807) is 0 Å². The zero-order chi connectivity index (χ0) is 24.1. The molecule has 2 heterocycles. The van der Waals surface area contributed by atoms with Crippen LogP contribution in [0.3, 0.4) is 0 Å². The molecule has 3 nitrogen and oxygen atoms in total. The van der Waals surface area contributed by atoms with Gasteiger partial charge in [0.2, 0.25) is 0 Å². The number of halogens is 1. The summed E-state index contributed by atoms with van der Waals surface area (Å²) in [4.78, 5) is 4.87. The van der Waals surface area contributed by atoms with Crippen LogP contribution < -0.4 is 14.6 Å². The number of hydrogen-bond donors (Lipinski definition) is 0. The van der Waals surface area contributed by atoms with E-state index < -0.39 is 8.22 Å². The fraction of sp³-hybridized carbons (Fsp3) is 0. The average molecular weight is 546 g/mol. The van der Waals surface area contributed by atoms with Gasteiger partial charge in [0.05, 0.1) is 16.9 Å². The van der Waals surface area contributed by atoms with Crippen LogP contribution in [0.5, 0.6) is 0 Å². The Morgan fingerprint density at radius 3 is 2.00 bits per heavy atom. The van der Waals surface area contributed by atoms with Gasteiger partial charge >= 0.3 is 0 Å². The fourth-order valence-corrected chi connectivity index (χ4v) is 8.11. The van der Waals surface area contributed by atoms with Gasteiger partial charge in [-0.25, -0.2) is 0 Å². The second-order valence-corrected chi connectivity index (χ2v) is 11.5. The summed E-state index contributed by atoms with van der Waals surface area (Å²) in [5, 5.41) is 4.87. The van der Waals surface area contributed by atoms with Crippen molar-refractivity contribution in [3.05, 3.63) is 132 Å². The number of hydrogen-bond acceptors (Lipinski definition) is 3. The molecule has 7 rings (SSSR count). The van der Waals surface area contributed by atoms with Gasteiger partial charge in [-0.15, -0.1) is 0 Å². The molecule has 0 bridgehead atoms. The molecule has 6 aromatic rings. The Bertz CT molecular complexity index is 1720. The van der Waals surface area contributed by atoms with Crippen LogP contribution in [0, 0.1) is 0 Å². The minimum absolute atomic E-state index is 1.03. The first-order chi connectivity index (χ1) is 17.8. The highest BCUT2D eigenvalue weighted by molar-refractivity contribution is 9.10. The van der Waals surface area contributed by atoms with Crippen molar-refractivity contribution in [1.29, 1.82) is 0 Å². The predicted molar refractivity (Wildman–Crippen MR) is 157 cm³/mol. The predicted octanol–water partition coefficient (Wildman–Crippen LogP) is 9.08. The molecular formula is C31H21BrN3P. The van der Waals surface area contributed by atoms with E-state index in [2.05, 4.69) is 141 Å². The lowest BCUT2D eigenvalue weighted by Gasteiger charge is -2.33. The van der Waals surface area contributed by atoms with Gasteiger partial charge in [0.25, 0.3) is 0 Å². The first kappa shape index (κ1) is 21.6. The van der Waals surface area contributed by atoms with E-state index in [9.17, 15) is 0 Å². The van der Waals surface area contributed by atoms with Crippen LogP contribution in [-0.4, -0.2) is 4.98 Å². The normalized spacial score (nSPS) is 15.0. The lowest BCUT2D eigenvalue weighted by atomic mass is 10.1. The largest absolute Gasteiger partial charge is 0.296 e. The van der Waals surface area contributed by atoms with Crippen LogP contribution in [0.25, 0.3) is 21.7 Å². The molecular weight excluding hydrogens is 525 g/mol. The minimum Gasteiger partial charge on any atom is -0.296 e. The summed E-state index contributed by atoms with van der Waals surface area (Å²) < 4.78 is 6.09. The van der Waals surface area contributed by atoms with Crippen molar-refractivity contribution in [1.82, 2.24) is 4.98 Å². The minimum atomic E-state index is -1.03. The molecule has 1 atom stereocenters. The maximum absolute atomic E-state index is 4.87. The Kier molecular flexibility index (Phi) is 5.23. The topological polar surface area (TPSA) is 19.4 Å². The second kappa shape index (κ2) is 8.74. The van der Waals surface area contributed by atoms with Crippen LogP contribution in [0.2, 0.25) is 0 Å². The van der Waals surface area contributed by atoms with E-state index in [1.807, 2.05) is 12.3 Å². The van der Waals surface area contributed by atoms with Gasteiger partial charge in [-0.3, -0.25) is 14.3 Å². The number of rotatable bonds is 3. The van der Waals surface area contributed by atoms with E-state index >= 15 is 0 Å². The Hall–Kier alpha value is -3.72. The zero-order valence-electron chi connectivity index (χ0n) is 19.3. The summed E-state index contributed by atoms with van der Waals surface area (Å²) in [6, 6.07) is 43.3. The van der Waals surface area contributed by atoms with Gasteiger partial charge < -0.3 is 0 Å². The molecule has 0 fully saturated rings. The van der Waals surface area contributed by atoms with Gasteiger partial charge in [0, 0.05) is 38.1 Å². The maximum atomic E-state index is 4.87. The molecule has 0 saturated heterocycles. The monoisotopic (exact) mass is 545 g/mol. The third-order valence-corrected chi connectivity index (χ3v) is 9.53. The van der Waals surface area contributed by atoms with Gasteiger partial charge in [-0.05, 0) is 53.9 Å². The van der Waals surface area contributed by atoms with Crippen molar-refractivity contribution in [3.8, 4) is 0 Å². The maximum Gasteiger partial charge on any atom is 0.139 e. The van der Waals surface area contributed by atoms with E-state index in [0.29, 0.717) is 0 Å². The molecule has 0 amide bonds. The van der Waals surface area contributed by atoms with E-state index in [-0.39, 0.29) is 0 Å². The first-order valence-electron chi connectivity index (χ1n) is 11.9. The number of pyridine rings is 1. The second-order valence-electron chi connectivity index (χ2n) is 8.73. The Balaban J connectivity index is 1.59. The number of benzene rings is 5. The summed E-state index contributed by atoms with van der Waals surface area (Å²) in [5.74, 6) is 0. The average Bonchev–Trinajstić information content (AvgIpc) is 3.27. The van der Waals surface area contributed by atoms with Crippen LogP contribution in [0.1, 0.15) is 0 Å². The van der Waals surface area contributed by atoms with E-state index in [0.717, 1.165) is 15.4 Å². The molecule has 5 heteroatoms. The van der Waals surface area contributed by atoms with Gasteiger partial charge in [0.15, 0.2) is 0 Å². The quantitative estimate of drug-likeness (QED) is 0.163. The molecule has 1 aliphatic heterocycles. The zero-order valence-corrected chi connectivity index (χ0v) is 21.8.